The van der Waals surface area contributed by atoms with Crippen molar-refractivity contribution >= 4 is 17.7 Å². The van der Waals surface area contributed by atoms with Crippen LogP contribution in [0.5, 0.6) is 0 Å². The first-order valence-electron chi connectivity index (χ1n) is 6.07. The van der Waals surface area contributed by atoms with Crippen LogP contribution in [0.2, 0.25) is 0 Å². The number of rotatable bonds is 5. The van der Waals surface area contributed by atoms with Gasteiger partial charge in [0.1, 0.15) is 0 Å². The van der Waals surface area contributed by atoms with Gasteiger partial charge in [0.15, 0.2) is 10.9 Å². The van der Waals surface area contributed by atoms with E-state index >= 15 is 0 Å². The SMILES string of the molecule is NNC(=O)c1occc1CSc1n[nH]c(=O)n1C1CC1. The lowest BCUT2D eigenvalue weighted by molar-refractivity contribution is 0.0925. The molecule has 8 nitrogen and oxygen atoms in total. The van der Waals surface area contributed by atoms with E-state index in [0.717, 1.165) is 12.8 Å². The van der Waals surface area contributed by atoms with Crippen LogP contribution in [0.3, 0.4) is 0 Å². The first-order valence-corrected chi connectivity index (χ1v) is 7.06. The Morgan fingerprint density at radius 2 is 2.45 bits per heavy atom. The molecule has 2 aromatic heterocycles. The summed E-state index contributed by atoms with van der Waals surface area (Å²) in [5, 5.41) is 7.08. The number of carbonyl (C=O) groups is 1. The van der Waals surface area contributed by atoms with Crippen molar-refractivity contribution in [1.82, 2.24) is 20.2 Å². The van der Waals surface area contributed by atoms with E-state index in [9.17, 15) is 9.59 Å². The molecule has 0 unspecified atom stereocenters. The average molecular weight is 295 g/mol. The molecule has 9 heteroatoms. The van der Waals surface area contributed by atoms with Gasteiger partial charge in [-0.2, -0.15) is 0 Å². The molecule has 1 saturated carbocycles. The second-order valence-corrected chi connectivity index (χ2v) is 5.39. The molecule has 0 spiro atoms. The number of nitrogen functional groups attached to an aromatic ring is 1. The van der Waals surface area contributed by atoms with Crippen LogP contribution < -0.4 is 17.0 Å². The Morgan fingerprint density at radius 1 is 1.65 bits per heavy atom. The number of thioether (sulfide) groups is 1. The van der Waals surface area contributed by atoms with Crippen molar-refractivity contribution in [3.05, 3.63) is 34.1 Å². The van der Waals surface area contributed by atoms with E-state index in [1.54, 1.807) is 10.6 Å². The zero-order valence-corrected chi connectivity index (χ0v) is 11.3. The number of aromatic nitrogens is 3. The number of hydrogen-bond donors (Lipinski definition) is 3. The van der Waals surface area contributed by atoms with Gasteiger partial charge in [-0.15, -0.1) is 5.10 Å². The van der Waals surface area contributed by atoms with Gasteiger partial charge in [0.05, 0.1) is 6.26 Å². The van der Waals surface area contributed by atoms with E-state index in [0.29, 0.717) is 16.5 Å². The summed E-state index contributed by atoms with van der Waals surface area (Å²) in [6.45, 7) is 0. The highest BCUT2D eigenvalue weighted by Crippen LogP contribution is 2.36. The van der Waals surface area contributed by atoms with Crippen molar-refractivity contribution < 1.29 is 9.21 Å². The van der Waals surface area contributed by atoms with Crippen LogP contribution in [0.1, 0.15) is 35.0 Å². The van der Waals surface area contributed by atoms with E-state index < -0.39 is 5.91 Å². The van der Waals surface area contributed by atoms with Crippen LogP contribution in [0.15, 0.2) is 26.7 Å². The van der Waals surface area contributed by atoms with Crippen molar-refractivity contribution in [2.75, 3.05) is 0 Å². The molecule has 0 aliphatic heterocycles. The minimum absolute atomic E-state index is 0.177. The maximum Gasteiger partial charge on any atom is 0.344 e. The van der Waals surface area contributed by atoms with Crippen molar-refractivity contribution in [1.29, 1.82) is 0 Å². The molecule has 1 aliphatic carbocycles. The minimum atomic E-state index is -0.479. The number of aromatic amines is 1. The van der Waals surface area contributed by atoms with Crippen LogP contribution in [-0.4, -0.2) is 20.7 Å². The Kier molecular flexibility index (Phi) is 3.36. The Morgan fingerprint density at radius 3 is 3.15 bits per heavy atom. The fourth-order valence-corrected chi connectivity index (χ4v) is 2.90. The Balaban J connectivity index is 1.76. The smallest absolute Gasteiger partial charge is 0.344 e. The lowest BCUT2D eigenvalue weighted by Crippen LogP contribution is -2.30. The fraction of sp³-hybridized carbons (Fsp3) is 0.364. The van der Waals surface area contributed by atoms with Crippen molar-refractivity contribution in [2.24, 2.45) is 5.84 Å². The highest BCUT2D eigenvalue weighted by molar-refractivity contribution is 7.98. The molecule has 4 N–H and O–H groups in total. The van der Waals surface area contributed by atoms with Gasteiger partial charge in [0.25, 0.3) is 0 Å². The molecule has 0 saturated heterocycles. The van der Waals surface area contributed by atoms with Crippen LogP contribution in [0.4, 0.5) is 0 Å². The third-order valence-corrected chi connectivity index (χ3v) is 4.03. The molecule has 20 heavy (non-hydrogen) atoms. The van der Waals surface area contributed by atoms with Gasteiger partial charge in [-0.3, -0.25) is 14.8 Å². The van der Waals surface area contributed by atoms with Gasteiger partial charge in [-0.25, -0.2) is 15.7 Å². The minimum Gasteiger partial charge on any atom is -0.459 e. The number of H-pyrrole nitrogens is 1. The van der Waals surface area contributed by atoms with E-state index in [1.807, 2.05) is 5.43 Å². The lowest BCUT2D eigenvalue weighted by atomic mass is 10.3. The molecule has 2 heterocycles. The summed E-state index contributed by atoms with van der Waals surface area (Å²) in [6, 6.07) is 1.95. The summed E-state index contributed by atoms with van der Waals surface area (Å²) in [7, 11) is 0. The average Bonchev–Trinajstić information content (AvgIpc) is 3.05. The van der Waals surface area contributed by atoms with E-state index in [4.69, 9.17) is 10.3 Å². The van der Waals surface area contributed by atoms with E-state index in [-0.39, 0.29) is 17.5 Å². The third kappa shape index (κ3) is 2.37. The van der Waals surface area contributed by atoms with E-state index in [1.165, 1.54) is 18.0 Å². The Labute approximate surface area is 117 Å². The molecule has 0 bridgehead atoms. The quantitative estimate of drug-likeness (QED) is 0.318. The van der Waals surface area contributed by atoms with Crippen molar-refractivity contribution in [3.8, 4) is 0 Å². The number of nitrogens with zero attached hydrogens (tertiary/aromatic N) is 2. The van der Waals surface area contributed by atoms with Gasteiger partial charge in [0, 0.05) is 17.4 Å². The topological polar surface area (TPSA) is 119 Å². The molecule has 2 aromatic rings. The summed E-state index contributed by atoms with van der Waals surface area (Å²) in [4.78, 5) is 23.1. The summed E-state index contributed by atoms with van der Waals surface area (Å²) >= 11 is 1.38. The normalized spacial score (nSPS) is 14.4. The number of hydrazine groups is 1. The van der Waals surface area contributed by atoms with Crippen LogP contribution >= 0.6 is 11.8 Å². The van der Waals surface area contributed by atoms with Crippen LogP contribution in [0.25, 0.3) is 0 Å². The summed E-state index contributed by atoms with van der Waals surface area (Å²) in [5.74, 6) is 5.25. The number of nitrogens with two attached hydrogens (primary N) is 1. The molecule has 1 aliphatic rings. The predicted octanol–water partition coefficient (Wildman–Crippen LogP) is 0.395. The van der Waals surface area contributed by atoms with Gasteiger partial charge >= 0.3 is 11.6 Å². The first kappa shape index (κ1) is 13.0. The fourth-order valence-electron chi connectivity index (χ4n) is 1.90. The zero-order chi connectivity index (χ0) is 14.1. The number of nitrogens with one attached hydrogen (secondary N) is 2. The molecule has 1 amide bonds. The molecular formula is C11H13N5O3S. The molecule has 0 radical (unpaired) electrons. The van der Waals surface area contributed by atoms with Crippen LogP contribution in [0, 0.1) is 0 Å². The summed E-state index contributed by atoms with van der Waals surface area (Å²) < 4.78 is 6.76. The lowest BCUT2D eigenvalue weighted by Gasteiger charge is -2.03. The molecule has 106 valence electrons. The number of furan rings is 1. The highest BCUT2D eigenvalue weighted by Gasteiger charge is 2.28. The summed E-state index contributed by atoms with van der Waals surface area (Å²) in [5.41, 5.74) is 2.54. The monoisotopic (exact) mass is 295 g/mol. The highest BCUT2D eigenvalue weighted by atomic mass is 32.2. The van der Waals surface area contributed by atoms with Gasteiger partial charge < -0.3 is 4.42 Å². The van der Waals surface area contributed by atoms with Crippen molar-refractivity contribution in [2.45, 2.75) is 29.8 Å². The third-order valence-electron chi connectivity index (χ3n) is 3.02. The maximum absolute atomic E-state index is 11.6. The molecule has 3 rings (SSSR count). The van der Waals surface area contributed by atoms with Crippen LogP contribution in [-0.2, 0) is 5.75 Å². The second-order valence-electron chi connectivity index (χ2n) is 4.45. The van der Waals surface area contributed by atoms with E-state index in [2.05, 4.69) is 10.2 Å². The van der Waals surface area contributed by atoms with Gasteiger partial charge in [-0.05, 0) is 18.9 Å². The second kappa shape index (κ2) is 5.17. The maximum atomic E-state index is 11.6. The largest absolute Gasteiger partial charge is 0.459 e. The summed E-state index contributed by atoms with van der Waals surface area (Å²) in [6.07, 6.45) is 3.43. The molecule has 0 aromatic carbocycles. The zero-order valence-electron chi connectivity index (χ0n) is 10.5. The van der Waals surface area contributed by atoms with Gasteiger partial charge in [0.2, 0.25) is 0 Å². The van der Waals surface area contributed by atoms with Crippen molar-refractivity contribution in [3.63, 3.8) is 0 Å². The number of amides is 1. The predicted molar refractivity (Wildman–Crippen MR) is 71.0 cm³/mol. The molecular weight excluding hydrogens is 282 g/mol. The Hall–Kier alpha value is -2.00. The number of carbonyl (C=O) groups excluding carboxylic acids is 1. The Bertz CT molecular complexity index is 684. The van der Waals surface area contributed by atoms with Gasteiger partial charge in [-0.1, -0.05) is 11.8 Å². The molecule has 1 fully saturated rings. The number of hydrogen-bond acceptors (Lipinski definition) is 6. The molecule has 0 atom stereocenters. The standard InChI is InChI=1S/C11H13N5O3S/c12-13-9(17)8-6(3-4-19-8)5-20-11-15-14-10(18)16(11)7-1-2-7/h3-4,7H,1-2,5,12H2,(H,13,17)(H,14,18). The first-order chi connectivity index (χ1) is 9.70.